The van der Waals surface area contributed by atoms with E-state index in [2.05, 4.69) is 49.9 Å². The van der Waals surface area contributed by atoms with Crippen LogP contribution in [0.1, 0.15) is 71.3 Å². The predicted molar refractivity (Wildman–Crippen MR) is 131 cm³/mol. The van der Waals surface area contributed by atoms with Crippen molar-refractivity contribution in [2.24, 2.45) is 17.8 Å². The minimum absolute atomic E-state index is 0.0281. The van der Waals surface area contributed by atoms with E-state index < -0.39 is 11.7 Å². The highest BCUT2D eigenvalue weighted by molar-refractivity contribution is 5.69. The molecule has 0 saturated carbocycles. The first-order chi connectivity index (χ1) is 16.2. The summed E-state index contributed by atoms with van der Waals surface area (Å²) in [5.74, 6) is 0.568. The molecule has 0 bridgehead atoms. The molecule has 1 aromatic carbocycles. The van der Waals surface area contributed by atoms with Gasteiger partial charge in [0, 0.05) is 30.6 Å². The first-order valence-electron chi connectivity index (χ1n) is 12.6. The van der Waals surface area contributed by atoms with Crippen LogP contribution in [0.3, 0.4) is 0 Å². The molecule has 1 fully saturated rings. The Bertz CT molecular complexity index is 873. The van der Waals surface area contributed by atoms with Crippen molar-refractivity contribution in [2.75, 3.05) is 18.1 Å². The molecule has 1 aliphatic carbocycles. The molecule has 0 amide bonds. The van der Waals surface area contributed by atoms with Crippen molar-refractivity contribution in [3.8, 4) is 0 Å². The first-order valence-corrected chi connectivity index (χ1v) is 12.6. The Morgan fingerprint density at radius 2 is 1.88 bits per heavy atom. The van der Waals surface area contributed by atoms with E-state index in [1.54, 1.807) is 6.08 Å². The van der Waals surface area contributed by atoms with Crippen LogP contribution in [0.5, 0.6) is 0 Å². The summed E-state index contributed by atoms with van der Waals surface area (Å²) in [5, 5.41) is 0. The van der Waals surface area contributed by atoms with Crippen LogP contribution in [0.4, 0.5) is 18.9 Å². The molecule has 2 aliphatic rings. The number of carbonyl (C=O) groups excluding carboxylic acids is 1. The van der Waals surface area contributed by atoms with Gasteiger partial charge in [0.25, 0.3) is 0 Å². The normalized spacial score (nSPS) is 25.4. The molecular formula is C28H38F3NO2. The number of ether oxygens (including phenoxy) is 1. The fraction of sp³-hybridized carbons (Fsp3) is 0.607. The number of piperidine rings is 1. The zero-order valence-electron chi connectivity index (χ0n) is 20.8. The highest BCUT2D eigenvalue weighted by Crippen LogP contribution is 2.43. The number of esters is 1. The molecule has 0 N–H and O–H groups in total. The van der Waals surface area contributed by atoms with E-state index in [0.717, 1.165) is 31.5 Å². The summed E-state index contributed by atoms with van der Waals surface area (Å²) >= 11 is 0. The highest BCUT2D eigenvalue weighted by atomic mass is 19.4. The molecule has 0 spiro atoms. The fourth-order valence-corrected chi connectivity index (χ4v) is 5.61. The molecular weight excluding hydrogens is 439 g/mol. The SMILES string of the molecule is CCC[C@H]1C([C@@H]2C=CC(C(F)(F)F)=CC2)N(c2ccc(C(C)C)cc2)CC[C@@H]1CC(=O)OCC. The maximum atomic E-state index is 13.2. The Labute approximate surface area is 202 Å². The molecule has 1 unspecified atom stereocenters. The quantitative estimate of drug-likeness (QED) is 0.365. The second-order valence-corrected chi connectivity index (χ2v) is 9.86. The van der Waals surface area contributed by atoms with Gasteiger partial charge in [-0.05, 0) is 61.6 Å². The van der Waals surface area contributed by atoms with Gasteiger partial charge in [-0.3, -0.25) is 4.79 Å². The van der Waals surface area contributed by atoms with Gasteiger partial charge >= 0.3 is 12.1 Å². The number of alkyl halides is 3. The summed E-state index contributed by atoms with van der Waals surface area (Å²) in [6.45, 7) is 9.40. The first kappa shape index (κ1) is 26.4. The lowest BCUT2D eigenvalue weighted by atomic mass is 9.69. The third-order valence-electron chi connectivity index (χ3n) is 7.29. The van der Waals surface area contributed by atoms with E-state index in [9.17, 15) is 18.0 Å². The summed E-state index contributed by atoms with van der Waals surface area (Å²) < 4.78 is 45.0. The smallest absolute Gasteiger partial charge is 0.416 e. The van der Waals surface area contributed by atoms with Crippen LogP contribution in [0.15, 0.2) is 48.1 Å². The Kier molecular flexibility index (Phi) is 8.89. The van der Waals surface area contributed by atoms with Gasteiger partial charge in [0.2, 0.25) is 0 Å². The van der Waals surface area contributed by atoms with Gasteiger partial charge < -0.3 is 9.64 Å². The minimum Gasteiger partial charge on any atom is -0.466 e. The van der Waals surface area contributed by atoms with Crippen LogP contribution in [0.2, 0.25) is 0 Å². The predicted octanol–water partition coefficient (Wildman–Crippen LogP) is 7.44. The van der Waals surface area contributed by atoms with Crippen molar-refractivity contribution in [3.05, 3.63) is 53.6 Å². The molecule has 6 heteroatoms. The van der Waals surface area contributed by atoms with E-state index in [0.29, 0.717) is 25.4 Å². The van der Waals surface area contributed by atoms with Crippen molar-refractivity contribution in [3.63, 3.8) is 0 Å². The second-order valence-electron chi connectivity index (χ2n) is 9.86. The van der Waals surface area contributed by atoms with Crippen LogP contribution in [0, 0.1) is 17.8 Å². The van der Waals surface area contributed by atoms with Gasteiger partial charge in [0.15, 0.2) is 0 Å². The molecule has 188 valence electrons. The molecule has 4 atom stereocenters. The van der Waals surface area contributed by atoms with Crippen LogP contribution in [-0.4, -0.2) is 31.3 Å². The molecule has 1 aromatic rings. The van der Waals surface area contributed by atoms with Crippen molar-refractivity contribution >= 4 is 11.7 Å². The molecule has 3 rings (SSSR count). The van der Waals surface area contributed by atoms with E-state index in [1.807, 2.05) is 6.92 Å². The Morgan fingerprint density at radius 3 is 2.41 bits per heavy atom. The van der Waals surface area contributed by atoms with Gasteiger partial charge in [0.05, 0.1) is 12.2 Å². The number of halogens is 3. The number of nitrogens with zero attached hydrogens (tertiary/aromatic N) is 1. The molecule has 1 heterocycles. The van der Waals surface area contributed by atoms with Crippen molar-refractivity contribution in [2.45, 2.75) is 77.9 Å². The summed E-state index contributed by atoms with van der Waals surface area (Å²) in [5.41, 5.74) is 1.80. The summed E-state index contributed by atoms with van der Waals surface area (Å²) in [7, 11) is 0. The third kappa shape index (κ3) is 6.25. The largest absolute Gasteiger partial charge is 0.466 e. The van der Waals surface area contributed by atoms with Crippen LogP contribution in [-0.2, 0) is 9.53 Å². The van der Waals surface area contributed by atoms with E-state index in [-0.39, 0.29) is 29.8 Å². The maximum Gasteiger partial charge on any atom is 0.416 e. The van der Waals surface area contributed by atoms with Crippen LogP contribution >= 0.6 is 0 Å². The molecule has 1 saturated heterocycles. The van der Waals surface area contributed by atoms with Gasteiger partial charge in [-0.25, -0.2) is 0 Å². The molecule has 0 aromatic heterocycles. The molecule has 34 heavy (non-hydrogen) atoms. The van der Waals surface area contributed by atoms with E-state index in [1.165, 1.54) is 17.7 Å². The van der Waals surface area contributed by atoms with Crippen LogP contribution in [0.25, 0.3) is 0 Å². The zero-order chi connectivity index (χ0) is 24.9. The second kappa shape index (κ2) is 11.5. The number of benzene rings is 1. The fourth-order valence-electron chi connectivity index (χ4n) is 5.61. The summed E-state index contributed by atoms with van der Waals surface area (Å²) in [6.07, 6.45) is 3.48. The molecule has 3 nitrogen and oxygen atoms in total. The van der Waals surface area contributed by atoms with Gasteiger partial charge in [0.1, 0.15) is 0 Å². The summed E-state index contributed by atoms with van der Waals surface area (Å²) in [4.78, 5) is 14.7. The van der Waals surface area contributed by atoms with Gasteiger partial charge in [-0.2, -0.15) is 13.2 Å². The van der Waals surface area contributed by atoms with Crippen molar-refractivity contribution in [1.29, 1.82) is 0 Å². The summed E-state index contributed by atoms with van der Waals surface area (Å²) in [6, 6.07) is 8.60. The zero-order valence-corrected chi connectivity index (χ0v) is 20.8. The maximum absolute atomic E-state index is 13.2. The van der Waals surface area contributed by atoms with E-state index in [4.69, 9.17) is 4.74 Å². The van der Waals surface area contributed by atoms with E-state index >= 15 is 0 Å². The van der Waals surface area contributed by atoms with Gasteiger partial charge in [-0.1, -0.05) is 57.6 Å². The average molecular weight is 478 g/mol. The van der Waals surface area contributed by atoms with Crippen molar-refractivity contribution in [1.82, 2.24) is 0 Å². The van der Waals surface area contributed by atoms with Crippen LogP contribution < -0.4 is 4.90 Å². The lowest BCUT2D eigenvalue weighted by molar-refractivity contribution is -0.145. The Morgan fingerprint density at radius 1 is 1.18 bits per heavy atom. The number of allylic oxidation sites excluding steroid dienone is 3. The number of rotatable bonds is 8. The molecule has 1 aliphatic heterocycles. The lowest BCUT2D eigenvalue weighted by Crippen LogP contribution is -2.53. The van der Waals surface area contributed by atoms with Gasteiger partial charge in [-0.15, -0.1) is 0 Å². The lowest BCUT2D eigenvalue weighted by Gasteiger charge is -2.50. The average Bonchev–Trinajstić information content (AvgIpc) is 2.80. The number of hydrogen-bond acceptors (Lipinski definition) is 3. The third-order valence-corrected chi connectivity index (χ3v) is 7.29. The Hall–Kier alpha value is -2.24. The number of hydrogen-bond donors (Lipinski definition) is 0. The minimum atomic E-state index is -4.32. The number of anilines is 1. The highest BCUT2D eigenvalue weighted by Gasteiger charge is 2.43. The Balaban J connectivity index is 1.94. The van der Waals surface area contributed by atoms with Crippen molar-refractivity contribution < 1.29 is 22.7 Å². The topological polar surface area (TPSA) is 29.5 Å². The monoisotopic (exact) mass is 477 g/mol. The molecule has 0 radical (unpaired) electrons. The standard InChI is InChI=1S/C28H38F3NO2/c1-5-7-25-22(18-26(33)34-6-2)16-17-32(24-14-10-20(11-15-24)19(3)4)27(25)21-8-12-23(13-9-21)28(29,30)31/h8,10-15,19,21-22,25,27H,5-7,9,16-18H2,1-4H3/t21-,22-,25-,27?/m1/s1. The number of carbonyl (C=O) groups is 1.